The minimum atomic E-state index is -0.434. The van der Waals surface area contributed by atoms with Crippen molar-refractivity contribution in [3.63, 3.8) is 0 Å². The standard InChI is InChI=1S/C16H18ClFN4.C4H8.C2H6.CH3F/c1-5-22(10(2)3)14-9-11(8-12(18)15(14)19-4)13-6-7-20-16(17)21-13;1-4(2)3;2*1-2/h6-10H,4-5H2,1-3H3;1H2,2-3H3;1-2H3;1H3. The third-order valence-electron chi connectivity index (χ3n) is 3.40. The smallest absolute Gasteiger partial charge is 0.222 e. The van der Waals surface area contributed by atoms with Gasteiger partial charge >= 0.3 is 0 Å². The molecule has 0 saturated carbocycles. The van der Waals surface area contributed by atoms with Gasteiger partial charge in [-0.05, 0) is 71.1 Å². The predicted octanol–water partition coefficient (Wildman–Crippen LogP) is 7.70. The Morgan fingerprint density at radius 3 is 2.17 bits per heavy atom. The summed E-state index contributed by atoms with van der Waals surface area (Å²) < 4.78 is 23.9. The van der Waals surface area contributed by atoms with Crippen LogP contribution in [0.5, 0.6) is 0 Å². The highest BCUT2D eigenvalue weighted by Gasteiger charge is 2.18. The van der Waals surface area contributed by atoms with E-state index in [-0.39, 0.29) is 17.0 Å². The second kappa shape index (κ2) is 16.5. The average molecular weight is 441 g/mol. The first-order valence-corrected chi connectivity index (χ1v) is 10.1. The number of anilines is 1. The molecule has 1 aromatic heterocycles. The van der Waals surface area contributed by atoms with Gasteiger partial charge < -0.3 is 4.90 Å². The Kier molecular flexibility index (Phi) is 16.4. The van der Waals surface area contributed by atoms with Gasteiger partial charge in [-0.2, -0.15) is 0 Å². The molecule has 0 radical (unpaired) electrons. The molecule has 2 aromatic rings. The molecular weight excluding hydrogens is 406 g/mol. The Bertz CT molecular complexity index is 776. The highest BCUT2D eigenvalue weighted by Crippen LogP contribution is 2.36. The first-order chi connectivity index (χ1) is 14.2. The van der Waals surface area contributed by atoms with E-state index in [1.807, 2.05) is 54.5 Å². The molecule has 30 heavy (non-hydrogen) atoms. The van der Waals surface area contributed by atoms with Crippen molar-refractivity contribution in [3.8, 4) is 11.3 Å². The maximum absolute atomic E-state index is 14.4. The van der Waals surface area contributed by atoms with Gasteiger partial charge in [0, 0.05) is 24.3 Å². The molecule has 0 aliphatic rings. The van der Waals surface area contributed by atoms with Gasteiger partial charge in [-0.25, -0.2) is 14.4 Å². The van der Waals surface area contributed by atoms with E-state index in [0.717, 1.165) is 6.54 Å². The van der Waals surface area contributed by atoms with Crippen LogP contribution in [0.3, 0.4) is 0 Å². The van der Waals surface area contributed by atoms with Crippen LogP contribution in [0.1, 0.15) is 48.5 Å². The Morgan fingerprint density at radius 1 is 1.23 bits per heavy atom. The lowest BCUT2D eigenvalue weighted by Gasteiger charge is -2.29. The fraction of sp³-hybridized carbons (Fsp3) is 0.435. The molecule has 1 aromatic carbocycles. The molecule has 0 spiro atoms. The molecule has 7 heteroatoms. The van der Waals surface area contributed by atoms with Crippen LogP contribution in [0.25, 0.3) is 11.3 Å². The van der Waals surface area contributed by atoms with Gasteiger partial charge in [0.05, 0.1) is 18.6 Å². The average Bonchev–Trinajstić information content (AvgIpc) is 2.70. The predicted molar refractivity (Wildman–Crippen MR) is 129 cm³/mol. The number of nitrogens with zero attached hydrogens (tertiary/aromatic N) is 4. The molecule has 168 valence electrons. The zero-order valence-corrected chi connectivity index (χ0v) is 20.2. The number of alkyl halides is 1. The molecular formula is C23H35ClF2N4. The minimum Gasteiger partial charge on any atom is -0.368 e. The third-order valence-corrected chi connectivity index (χ3v) is 3.58. The van der Waals surface area contributed by atoms with E-state index in [1.54, 1.807) is 12.3 Å². The lowest BCUT2D eigenvalue weighted by Crippen LogP contribution is -2.30. The molecule has 0 N–H and O–H groups in total. The maximum Gasteiger partial charge on any atom is 0.222 e. The summed E-state index contributed by atoms with van der Waals surface area (Å²) in [6, 6.07) is 5.14. The summed E-state index contributed by atoms with van der Waals surface area (Å²) in [5.74, 6) is -0.434. The first kappa shape index (κ1) is 29.9. The van der Waals surface area contributed by atoms with E-state index in [2.05, 4.69) is 33.2 Å². The number of halogens is 3. The molecule has 0 aliphatic carbocycles. The molecule has 0 unspecified atom stereocenters. The van der Waals surface area contributed by atoms with Crippen LogP contribution in [0.15, 0.2) is 41.5 Å². The van der Waals surface area contributed by atoms with Crippen LogP contribution in [0.4, 0.5) is 20.2 Å². The van der Waals surface area contributed by atoms with Crippen LogP contribution in [0, 0.1) is 5.82 Å². The summed E-state index contributed by atoms with van der Waals surface area (Å²) in [7, 11) is 0.500. The number of benzene rings is 1. The van der Waals surface area contributed by atoms with Gasteiger partial charge in [0.15, 0.2) is 5.82 Å². The number of hydrogen-bond donors (Lipinski definition) is 0. The van der Waals surface area contributed by atoms with Crippen molar-refractivity contribution in [2.75, 3.05) is 18.6 Å². The van der Waals surface area contributed by atoms with Crippen molar-refractivity contribution in [1.29, 1.82) is 0 Å². The molecule has 0 aliphatic heterocycles. The zero-order valence-electron chi connectivity index (χ0n) is 19.4. The van der Waals surface area contributed by atoms with E-state index in [0.29, 0.717) is 24.1 Å². The van der Waals surface area contributed by atoms with Crippen LogP contribution in [0.2, 0.25) is 5.28 Å². The largest absolute Gasteiger partial charge is 0.368 e. The molecule has 2 rings (SSSR count). The van der Waals surface area contributed by atoms with E-state index < -0.39 is 5.82 Å². The molecule has 0 atom stereocenters. The molecule has 0 bridgehead atoms. The lowest BCUT2D eigenvalue weighted by molar-refractivity contribution is 0.627. The molecule has 0 amide bonds. The number of rotatable bonds is 5. The van der Waals surface area contributed by atoms with Gasteiger partial charge in [0.25, 0.3) is 0 Å². The van der Waals surface area contributed by atoms with E-state index in [4.69, 9.17) is 11.6 Å². The van der Waals surface area contributed by atoms with Gasteiger partial charge in [0.2, 0.25) is 5.28 Å². The highest BCUT2D eigenvalue weighted by molar-refractivity contribution is 6.28. The van der Waals surface area contributed by atoms with Crippen molar-refractivity contribution in [2.24, 2.45) is 4.99 Å². The molecule has 0 fully saturated rings. The van der Waals surface area contributed by atoms with Gasteiger partial charge in [0.1, 0.15) is 5.69 Å². The fourth-order valence-electron chi connectivity index (χ4n) is 2.42. The minimum absolute atomic E-state index is 0.126. The Balaban J connectivity index is 0. The third kappa shape index (κ3) is 9.92. The van der Waals surface area contributed by atoms with Gasteiger partial charge in [-0.3, -0.25) is 9.38 Å². The normalized spacial score (nSPS) is 9.20. The van der Waals surface area contributed by atoms with Crippen molar-refractivity contribution in [3.05, 3.63) is 47.6 Å². The molecule has 4 nitrogen and oxygen atoms in total. The van der Waals surface area contributed by atoms with E-state index >= 15 is 0 Å². The number of aliphatic imine (C=N–C) groups is 1. The monoisotopic (exact) mass is 440 g/mol. The second-order valence-corrected chi connectivity index (χ2v) is 6.62. The quantitative estimate of drug-likeness (QED) is 0.271. The summed E-state index contributed by atoms with van der Waals surface area (Å²) in [6.07, 6.45) is 1.54. The van der Waals surface area contributed by atoms with E-state index in [1.165, 1.54) is 11.6 Å². The molecule has 0 saturated heterocycles. The van der Waals surface area contributed by atoms with Crippen LogP contribution < -0.4 is 4.90 Å². The Labute approximate surface area is 185 Å². The topological polar surface area (TPSA) is 41.4 Å². The van der Waals surface area contributed by atoms with Crippen LogP contribution >= 0.6 is 11.6 Å². The van der Waals surface area contributed by atoms with Gasteiger partial charge in [-0.15, -0.1) is 6.58 Å². The van der Waals surface area contributed by atoms with Crippen molar-refractivity contribution < 1.29 is 8.78 Å². The zero-order chi connectivity index (χ0) is 23.9. The van der Waals surface area contributed by atoms with E-state index in [9.17, 15) is 8.78 Å². The second-order valence-electron chi connectivity index (χ2n) is 6.28. The number of hydrogen-bond acceptors (Lipinski definition) is 4. The van der Waals surface area contributed by atoms with Crippen molar-refractivity contribution >= 4 is 29.7 Å². The maximum atomic E-state index is 14.4. The molecule has 1 heterocycles. The summed E-state index contributed by atoms with van der Waals surface area (Å²) in [6.45, 7) is 21.8. The Hall–Kier alpha value is -2.34. The van der Waals surface area contributed by atoms with Crippen LogP contribution in [-0.2, 0) is 0 Å². The van der Waals surface area contributed by atoms with Crippen molar-refractivity contribution in [1.82, 2.24) is 9.97 Å². The number of allylic oxidation sites excluding steroid dienone is 1. The number of aromatic nitrogens is 2. The first-order valence-electron chi connectivity index (χ1n) is 9.76. The highest BCUT2D eigenvalue weighted by atomic mass is 35.5. The summed E-state index contributed by atoms with van der Waals surface area (Å²) in [5.41, 5.74) is 3.30. The fourth-order valence-corrected chi connectivity index (χ4v) is 2.56. The Morgan fingerprint density at radius 2 is 1.77 bits per heavy atom. The lowest BCUT2D eigenvalue weighted by atomic mass is 10.1. The van der Waals surface area contributed by atoms with Gasteiger partial charge in [-0.1, -0.05) is 19.4 Å². The summed E-state index contributed by atoms with van der Waals surface area (Å²) in [5, 5.41) is 0.126. The van der Waals surface area contributed by atoms with Crippen molar-refractivity contribution in [2.45, 2.75) is 54.5 Å². The van der Waals surface area contributed by atoms with Crippen LogP contribution in [-0.4, -0.2) is 36.4 Å². The summed E-state index contributed by atoms with van der Waals surface area (Å²) in [4.78, 5) is 13.9. The SMILES string of the molecule is C=C(C)C.C=Nc1c(F)cc(-c2ccnc(Cl)n2)cc1N(CC)C(C)C.CC.CF. The summed E-state index contributed by atoms with van der Waals surface area (Å²) >= 11 is 5.82.